The second-order valence-electron chi connectivity index (χ2n) is 7.95. The molecule has 1 aliphatic carbocycles. The molecule has 2 fully saturated rings. The number of rotatable bonds is 4. The highest BCUT2D eigenvalue weighted by molar-refractivity contribution is 7.12. The Kier molecular flexibility index (Phi) is 4.51. The van der Waals surface area contributed by atoms with Gasteiger partial charge in [0.15, 0.2) is 11.5 Å². The summed E-state index contributed by atoms with van der Waals surface area (Å²) in [6.07, 6.45) is 3.17. The monoisotopic (exact) mass is 402 g/mol. The summed E-state index contributed by atoms with van der Waals surface area (Å²) in [5, 5.41) is 5.05. The minimum Gasteiger partial charge on any atom is -0.485 e. The minimum atomic E-state index is -0.180. The van der Waals surface area contributed by atoms with Crippen LogP contribution in [0.15, 0.2) is 29.6 Å². The summed E-state index contributed by atoms with van der Waals surface area (Å²) >= 11 is 1.38. The highest BCUT2D eigenvalue weighted by Crippen LogP contribution is 2.54. The van der Waals surface area contributed by atoms with Crippen molar-refractivity contribution in [2.24, 2.45) is 5.41 Å². The van der Waals surface area contributed by atoms with Crippen molar-refractivity contribution in [2.75, 3.05) is 26.3 Å². The number of nitrogens with one attached hydrogen (secondary N) is 1. The Labute approximate surface area is 167 Å². The fourth-order valence-corrected chi connectivity index (χ4v) is 5.23. The minimum absolute atomic E-state index is 0.0548. The van der Waals surface area contributed by atoms with Crippen molar-refractivity contribution in [3.63, 3.8) is 0 Å². The van der Waals surface area contributed by atoms with Crippen molar-refractivity contribution in [2.45, 2.75) is 31.8 Å². The third kappa shape index (κ3) is 3.37. The predicted octanol–water partition coefficient (Wildman–Crippen LogP) is 3.44. The smallest absolute Gasteiger partial charge is 0.265 e. The van der Waals surface area contributed by atoms with Crippen LogP contribution < -0.4 is 14.8 Å². The maximum atomic E-state index is 13.4. The van der Waals surface area contributed by atoms with Crippen LogP contribution in [0.25, 0.3) is 0 Å². The third-order valence-electron chi connectivity index (χ3n) is 6.15. The van der Waals surface area contributed by atoms with Crippen LogP contribution in [0.5, 0.6) is 11.5 Å². The molecule has 0 radical (unpaired) electrons. The van der Waals surface area contributed by atoms with Gasteiger partial charge in [0, 0.05) is 18.0 Å². The van der Waals surface area contributed by atoms with E-state index in [-0.39, 0.29) is 23.2 Å². The van der Waals surface area contributed by atoms with Gasteiger partial charge >= 0.3 is 0 Å². The van der Waals surface area contributed by atoms with E-state index in [1.165, 1.54) is 17.4 Å². The van der Waals surface area contributed by atoms with Crippen LogP contribution in [0.1, 0.15) is 34.5 Å². The Morgan fingerprint density at radius 2 is 2.11 bits per heavy atom. The average molecular weight is 402 g/mol. The number of likely N-dealkylation sites (tertiary alicyclic amines) is 1. The van der Waals surface area contributed by atoms with Crippen molar-refractivity contribution in [3.05, 3.63) is 45.9 Å². The molecule has 3 heterocycles. The van der Waals surface area contributed by atoms with Gasteiger partial charge in [-0.15, -0.1) is 11.3 Å². The highest BCUT2D eigenvalue weighted by Gasteiger charge is 2.55. The van der Waals surface area contributed by atoms with Crippen LogP contribution in [0, 0.1) is 11.2 Å². The van der Waals surface area contributed by atoms with Crippen LogP contribution in [0.2, 0.25) is 0 Å². The van der Waals surface area contributed by atoms with Crippen LogP contribution >= 0.6 is 11.3 Å². The summed E-state index contributed by atoms with van der Waals surface area (Å²) in [6, 6.07) is 7.06. The number of thiophene rings is 1. The molecular formula is C21H23FN2O3S. The average Bonchev–Trinajstić information content (AvgIpc) is 3.16. The highest BCUT2D eigenvalue weighted by atomic mass is 32.1. The summed E-state index contributed by atoms with van der Waals surface area (Å²) < 4.78 is 24.5. The molecule has 1 saturated carbocycles. The van der Waals surface area contributed by atoms with Crippen molar-refractivity contribution in [1.29, 1.82) is 0 Å². The summed E-state index contributed by atoms with van der Waals surface area (Å²) in [5.74, 6) is 1.04. The Bertz CT molecular complexity index is 892. The van der Waals surface area contributed by atoms with Gasteiger partial charge in [0.25, 0.3) is 5.91 Å². The molecule has 3 aliphatic rings. The van der Waals surface area contributed by atoms with E-state index in [1.54, 1.807) is 12.1 Å². The summed E-state index contributed by atoms with van der Waals surface area (Å²) in [7, 11) is 0. The first kappa shape index (κ1) is 17.9. The zero-order valence-electron chi connectivity index (χ0n) is 15.6. The summed E-state index contributed by atoms with van der Waals surface area (Å²) in [6.45, 7) is 3.76. The first-order valence-corrected chi connectivity index (χ1v) is 10.7. The standard InChI is InChI=1S/C21H23FN2O3S/c22-15-3-1-2-14(10-15)12-24-6-4-21(5-7-24)11-17(21)23-20(25)19-18-16(13-28-19)26-8-9-27-18/h1-3,10,13,17H,4-9,11-12H2,(H,23,25). The van der Waals surface area contributed by atoms with Gasteiger partial charge < -0.3 is 14.8 Å². The van der Waals surface area contributed by atoms with Gasteiger partial charge in [-0.1, -0.05) is 12.1 Å². The van der Waals surface area contributed by atoms with Crippen molar-refractivity contribution < 1.29 is 18.7 Å². The van der Waals surface area contributed by atoms with E-state index in [2.05, 4.69) is 10.2 Å². The summed E-state index contributed by atoms with van der Waals surface area (Å²) in [4.78, 5) is 15.7. The number of ether oxygens (including phenoxy) is 2. The maximum Gasteiger partial charge on any atom is 0.265 e. The molecule has 2 aromatic rings. The van der Waals surface area contributed by atoms with E-state index in [9.17, 15) is 9.18 Å². The molecule has 148 valence electrons. The number of carbonyl (C=O) groups excluding carboxylic acids is 1. The maximum absolute atomic E-state index is 13.4. The third-order valence-corrected chi connectivity index (χ3v) is 7.09. The van der Waals surface area contributed by atoms with Crippen LogP contribution in [0.4, 0.5) is 4.39 Å². The van der Waals surface area contributed by atoms with Crippen LogP contribution in [0.3, 0.4) is 0 Å². The number of nitrogens with zero attached hydrogens (tertiary/aromatic N) is 1. The SMILES string of the molecule is O=C(NC1CC12CCN(Cc1cccc(F)c1)CC2)c1scc2c1OCCO2. The molecule has 1 aromatic carbocycles. The molecule has 1 amide bonds. The number of piperidine rings is 1. The van der Waals surface area contributed by atoms with E-state index in [0.717, 1.165) is 44.5 Å². The Morgan fingerprint density at radius 1 is 1.29 bits per heavy atom. The topological polar surface area (TPSA) is 50.8 Å². The first-order chi connectivity index (χ1) is 13.6. The number of hydrogen-bond donors (Lipinski definition) is 1. The molecule has 28 heavy (non-hydrogen) atoms. The van der Waals surface area contributed by atoms with Gasteiger partial charge in [0.2, 0.25) is 0 Å². The quantitative estimate of drug-likeness (QED) is 0.851. The summed E-state index contributed by atoms with van der Waals surface area (Å²) in [5.41, 5.74) is 1.24. The van der Waals surface area contributed by atoms with E-state index in [0.29, 0.717) is 29.6 Å². The fourth-order valence-electron chi connectivity index (χ4n) is 4.40. The lowest BCUT2D eigenvalue weighted by Gasteiger charge is -2.33. The zero-order valence-corrected chi connectivity index (χ0v) is 16.4. The number of amides is 1. The first-order valence-electron chi connectivity index (χ1n) is 9.78. The second kappa shape index (κ2) is 7.04. The second-order valence-corrected chi connectivity index (χ2v) is 8.83. The molecule has 1 N–H and O–H groups in total. The number of halogens is 1. The van der Waals surface area contributed by atoms with Crippen molar-refractivity contribution in [1.82, 2.24) is 10.2 Å². The molecule has 5 nitrogen and oxygen atoms in total. The normalized spacial score (nSPS) is 22.8. The van der Waals surface area contributed by atoms with Gasteiger partial charge in [0.05, 0.1) is 0 Å². The van der Waals surface area contributed by atoms with Crippen molar-refractivity contribution in [3.8, 4) is 11.5 Å². The van der Waals surface area contributed by atoms with Crippen molar-refractivity contribution >= 4 is 17.2 Å². The Balaban J connectivity index is 1.15. The Hall–Kier alpha value is -2.12. The zero-order chi connectivity index (χ0) is 19.1. The van der Waals surface area contributed by atoms with E-state index in [1.807, 2.05) is 11.4 Å². The number of benzene rings is 1. The van der Waals surface area contributed by atoms with Crippen LogP contribution in [-0.2, 0) is 6.54 Å². The number of fused-ring (bicyclic) bond motifs is 1. The lowest BCUT2D eigenvalue weighted by molar-refractivity contribution is 0.0929. The van der Waals surface area contributed by atoms with Gasteiger partial charge in [-0.05, 0) is 55.5 Å². The van der Waals surface area contributed by atoms with Crippen LogP contribution in [-0.4, -0.2) is 43.2 Å². The lowest BCUT2D eigenvalue weighted by Crippen LogP contribution is -2.38. The van der Waals surface area contributed by atoms with Gasteiger partial charge in [0.1, 0.15) is 23.9 Å². The molecule has 7 heteroatoms. The van der Waals surface area contributed by atoms with E-state index >= 15 is 0 Å². The molecule has 2 aliphatic heterocycles. The Morgan fingerprint density at radius 3 is 2.93 bits per heavy atom. The van der Waals surface area contributed by atoms with E-state index in [4.69, 9.17) is 9.47 Å². The molecule has 1 atom stereocenters. The molecule has 1 saturated heterocycles. The molecule has 1 aromatic heterocycles. The molecular weight excluding hydrogens is 379 g/mol. The molecule has 1 spiro atoms. The molecule has 1 unspecified atom stereocenters. The van der Waals surface area contributed by atoms with Gasteiger partial charge in [-0.3, -0.25) is 9.69 Å². The fraction of sp³-hybridized carbons (Fsp3) is 0.476. The molecule has 0 bridgehead atoms. The largest absolute Gasteiger partial charge is 0.485 e. The van der Waals surface area contributed by atoms with Gasteiger partial charge in [-0.2, -0.15) is 0 Å². The predicted molar refractivity (Wildman–Crippen MR) is 105 cm³/mol. The van der Waals surface area contributed by atoms with E-state index < -0.39 is 0 Å². The number of hydrogen-bond acceptors (Lipinski definition) is 5. The van der Waals surface area contributed by atoms with Gasteiger partial charge in [-0.25, -0.2) is 4.39 Å². The number of carbonyl (C=O) groups is 1. The molecule has 5 rings (SSSR count). The lowest BCUT2D eigenvalue weighted by atomic mass is 9.92.